The molecule has 0 bridgehead atoms. The third-order valence-electron chi connectivity index (χ3n) is 4.38. The highest BCUT2D eigenvalue weighted by atomic mass is 16.7. The number of allylic oxidation sites excluding steroid dienone is 1. The smallest absolute Gasteiger partial charge is 0.338 e. The topological polar surface area (TPSA) is 80.3 Å². The molecule has 0 aliphatic heterocycles. The number of ether oxygens (including phenoxy) is 5. The Morgan fingerprint density at radius 1 is 1.00 bits per heavy atom. The molecule has 1 aromatic carbocycles. The first-order valence-corrected chi connectivity index (χ1v) is 9.33. The minimum atomic E-state index is -0.810. The van der Waals surface area contributed by atoms with Crippen molar-refractivity contribution in [2.24, 2.45) is 0 Å². The first-order chi connectivity index (χ1) is 13.7. The summed E-state index contributed by atoms with van der Waals surface area (Å²) in [5.74, 6) is -0.540. The zero-order valence-corrected chi connectivity index (χ0v) is 16.4. The van der Waals surface area contributed by atoms with Crippen molar-refractivity contribution in [3.05, 3.63) is 48.0 Å². The third-order valence-corrected chi connectivity index (χ3v) is 4.38. The molecule has 1 aliphatic rings. The van der Waals surface area contributed by atoms with Crippen molar-refractivity contribution in [3.8, 4) is 0 Å². The van der Waals surface area contributed by atoms with Crippen LogP contribution in [0.1, 0.15) is 36.0 Å². The number of benzene rings is 1. The maximum absolute atomic E-state index is 12.5. The second-order valence-corrected chi connectivity index (χ2v) is 6.46. The van der Waals surface area contributed by atoms with Crippen LogP contribution in [-0.4, -0.2) is 57.9 Å². The Morgan fingerprint density at radius 3 is 2.43 bits per heavy atom. The fourth-order valence-corrected chi connectivity index (χ4v) is 2.97. The summed E-state index contributed by atoms with van der Waals surface area (Å²) in [5.41, 5.74) is 0.513. The van der Waals surface area contributed by atoms with Gasteiger partial charge in [-0.1, -0.05) is 24.3 Å². The molecular formula is C21H28O7. The molecule has 0 heterocycles. The predicted molar refractivity (Wildman–Crippen MR) is 102 cm³/mol. The van der Waals surface area contributed by atoms with Crippen LogP contribution in [0.5, 0.6) is 0 Å². The van der Waals surface area contributed by atoms with Crippen molar-refractivity contribution in [3.63, 3.8) is 0 Å². The Hall–Kier alpha value is -2.06. The lowest BCUT2D eigenvalue weighted by Crippen LogP contribution is -2.39. The first kappa shape index (κ1) is 22.2. The second kappa shape index (κ2) is 12.4. The summed E-state index contributed by atoms with van der Waals surface area (Å²) in [6, 6.07) is 8.88. The van der Waals surface area contributed by atoms with Crippen LogP contribution >= 0.6 is 0 Å². The van der Waals surface area contributed by atoms with E-state index in [-0.39, 0.29) is 31.4 Å². The van der Waals surface area contributed by atoms with E-state index < -0.39 is 12.2 Å². The average molecular weight is 392 g/mol. The predicted octanol–water partition coefficient (Wildman–Crippen LogP) is 2.89. The van der Waals surface area contributed by atoms with Crippen molar-refractivity contribution in [2.75, 3.05) is 27.8 Å². The van der Waals surface area contributed by atoms with Gasteiger partial charge >= 0.3 is 5.97 Å². The van der Waals surface area contributed by atoms with Crippen LogP contribution in [0.25, 0.3) is 0 Å². The van der Waals surface area contributed by atoms with Gasteiger partial charge in [0, 0.05) is 14.2 Å². The lowest BCUT2D eigenvalue weighted by atomic mass is 9.97. The molecule has 2 rings (SSSR count). The fourth-order valence-electron chi connectivity index (χ4n) is 2.97. The van der Waals surface area contributed by atoms with Crippen LogP contribution in [0.15, 0.2) is 42.5 Å². The van der Waals surface area contributed by atoms with Gasteiger partial charge in [-0.15, -0.1) is 0 Å². The molecule has 28 heavy (non-hydrogen) atoms. The molecule has 0 aromatic heterocycles. The zero-order chi connectivity index (χ0) is 20.2. The van der Waals surface area contributed by atoms with Crippen molar-refractivity contribution >= 4 is 11.8 Å². The Balaban J connectivity index is 2.08. The fraction of sp³-hybridized carbons (Fsp3) is 0.524. The molecule has 154 valence electrons. The highest BCUT2D eigenvalue weighted by molar-refractivity contribution is 5.94. The monoisotopic (exact) mass is 392 g/mol. The van der Waals surface area contributed by atoms with Crippen molar-refractivity contribution in [1.82, 2.24) is 0 Å². The van der Waals surface area contributed by atoms with Crippen LogP contribution < -0.4 is 0 Å². The molecule has 0 saturated heterocycles. The Bertz CT molecular complexity index is 629. The van der Waals surface area contributed by atoms with Gasteiger partial charge in [0.2, 0.25) is 0 Å². The molecule has 0 saturated carbocycles. The van der Waals surface area contributed by atoms with Crippen molar-refractivity contribution < 1.29 is 33.3 Å². The molecule has 0 fully saturated rings. The van der Waals surface area contributed by atoms with E-state index in [0.717, 1.165) is 0 Å². The van der Waals surface area contributed by atoms with Gasteiger partial charge in [0.15, 0.2) is 5.78 Å². The first-order valence-electron chi connectivity index (χ1n) is 9.33. The molecule has 0 amide bonds. The Labute approximate surface area is 165 Å². The molecule has 1 aliphatic carbocycles. The summed E-state index contributed by atoms with van der Waals surface area (Å²) in [6.45, 7) is 0.00643. The molecule has 3 unspecified atom stereocenters. The van der Waals surface area contributed by atoms with Gasteiger partial charge in [0.1, 0.15) is 25.8 Å². The lowest BCUT2D eigenvalue weighted by Gasteiger charge is -2.27. The summed E-state index contributed by atoms with van der Waals surface area (Å²) in [7, 11) is 3.00. The van der Waals surface area contributed by atoms with E-state index in [0.29, 0.717) is 31.2 Å². The number of methoxy groups -OCH3 is 2. The molecule has 7 nitrogen and oxygen atoms in total. The van der Waals surface area contributed by atoms with Gasteiger partial charge in [0.05, 0.1) is 11.7 Å². The lowest BCUT2D eigenvalue weighted by molar-refractivity contribution is -0.169. The van der Waals surface area contributed by atoms with E-state index in [1.807, 2.05) is 6.07 Å². The van der Waals surface area contributed by atoms with Crippen molar-refractivity contribution in [1.29, 1.82) is 0 Å². The van der Waals surface area contributed by atoms with Crippen molar-refractivity contribution in [2.45, 2.75) is 44.0 Å². The summed E-state index contributed by atoms with van der Waals surface area (Å²) >= 11 is 0. The zero-order valence-electron chi connectivity index (χ0n) is 16.4. The van der Waals surface area contributed by atoms with E-state index in [2.05, 4.69) is 0 Å². The molecule has 1 aromatic rings. The minimum absolute atomic E-state index is 0.0243. The summed E-state index contributed by atoms with van der Waals surface area (Å²) in [4.78, 5) is 24.9. The number of rotatable bonds is 8. The molecule has 0 spiro atoms. The number of esters is 1. The SMILES string of the molecule is COCOC1CCC(OC(=O)c2ccccc2)CC/C=C\C(=O)C1OCOC. The number of hydrogen-bond donors (Lipinski definition) is 0. The summed E-state index contributed by atoms with van der Waals surface area (Å²) < 4.78 is 26.9. The van der Waals surface area contributed by atoms with E-state index in [1.165, 1.54) is 20.3 Å². The maximum atomic E-state index is 12.5. The van der Waals surface area contributed by atoms with E-state index in [1.54, 1.807) is 30.3 Å². The van der Waals surface area contributed by atoms with Crippen LogP contribution in [0.4, 0.5) is 0 Å². The van der Waals surface area contributed by atoms with E-state index in [9.17, 15) is 9.59 Å². The third kappa shape index (κ3) is 7.16. The average Bonchev–Trinajstić information content (AvgIpc) is 2.72. The molecular weight excluding hydrogens is 364 g/mol. The summed E-state index contributed by atoms with van der Waals surface area (Å²) in [6.07, 6.45) is 3.89. The number of ketones is 1. The van der Waals surface area contributed by atoms with Crippen LogP contribution in [0.2, 0.25) is 0 Å². The van der Waals surface area contributed by atoms with Crippen LogP contribution in [0, 0.1) is 0 Å². The highest BCUT2D eigenvalue weighted by Crippen LogP contribution is 2.21. The van der Waals surface area contributed by atoms with Gasteiger partial charge in [-0.25, -0.2) is 4.79 Å². The molecule has 0 N–H and O–H groups in total. The largest absolute Gasteiger partial charge is 0.459 e. The van der Waals surface area contributed by atoms with Gasteiger partial charge in [-0.2, -0.15) is 0 Å². The number of hydrogen-bond acceptors (Lipinski definition) is 7. The van der Waals surface area contributed by atoms with Gasteiger partial charge < -0.3 is 23.7 Å². The van der Waals surface area contributed by atoms with Crippen LogP contribution in [-0.2, 0) is 28.5 Å². The standard InChI is InChI=1S/C21H28O7/c1-24-14-26-19-13-12-17(28-21(23)16-8-4-3-5-9-16)10-6-7-11-18(22)20(19)27-15-25-2/h3-5,7-9,11,17,19-20H,6,10,12-15H2,1-2H3/b11-7-. The Morgan fingerprint density at radius 2 is 1.71 bits per heavy atom. The molecule has 0 radical (unpaired) electrons. The van der Waals surface area contributed by atoms with E-state index in [4.69, 9.17) is 23.7 Å². The number of carbonyl (C=O) groups excluding carboxylic acids is 2. The summed E-state index contributed by atoms with van der Waals surface area (Å²) in [5, 5.41) is 0. The normalized spacial score (nSPS) is 24.5. The molecule has 3 atom stereocenters. The molecule has 7 heteroatoms. The quantitative estimate of drug-likeness (QED) is 0.497. The van der Waals surface area contributed by atoms with Gasteiger partial charge in [-0.05, 0) is 43.9 Å². The maximum Gasteiger partial charge on any atom is 0.338 e. The highest BCUT2D eigenvalue weighted by Gasteiger charge is 2.30. The minimum Gasteiger partial charge on any atom is -0.459 e. The van der Waals surface area contributed by atoms with E-state index >= 15 is 0 Å². The van der Waals surface area contributed by atoms with Gasteiger partial charge in [-0.3, -0.25) is 4.79 Å². The second-order valence-electron chi connectivity index (χ2n) is 6.46. The Kier molecular flexibility index (Phi) is 9.85. The number of carbonyl (C=O) groups is 2. The van der Waals surface area contributed by atoms with Crippen LogP contribution in [0.3, 0.4) is 0 Å². The van der Waals surface area contributed by atoms with Gasteiger partial charge in [0.25, 0.3) is 0 Å².